The minimum atomic E-state index is -4.93. The van der Waals surface area contributed by atoms with Crippen LogP contribution < -0.4 is 0 Å². The Balaban J connectivity index is 4.49. The van der Waals surface area contributed by atoms with Crippen molar-refractivity contribution in [1.82, 2.24) is 0 Å². The molecule has 522 valence electrons. The Bertz CT molecular complexity index is 2140. The van der Waals surface area contributed by atoms with E-state index in [4.69, 9.17) is 32.3 Å². The molecule has 0 saturated heterocycles. The van der Waals surface area contributed by atoms with Gasteiger partial charge in [0.1, 0.15) is 25.4 Å². The molecule has 4 N–H and O–H groups in total. The molecular formula is C73H124O16P2. The lowest BCUT2D eigenvalue weighted by Crippen LogP contribution is -2.30. The molecule has 18 heteroatoms. The van der Waals surface area contributed by atoms with E-state index in [-0.39, 0.29) is 19.3 Å². The molecule has 0 aromatic rings. The number of esters is 3. The van der Waals surface area contributed by atoms with E-state index in [0.29, 0.717) is 19.3 Å². The summed E-state index contributed by atoms with van der Waals surface area (Å²) in [7, 11) is -9.78. The van der Waals surface area contributed by atoms with Crippen LogP contribution in [0, 0.1) is 0 Å². The van der Waals surface area contributed by atoms with Gasteiger partial charge in [-0.2, -0.15) is 0 Å². The van der Waals surface area contributed by atoms with Crippen molar-refractivity contribution in [3.05, 3.63) is 122 Å². The fourth-order valence-electron chi connectivity index (χ4n) is 8.86. The van der Waals surface area contributed by atoms with E-state index in [2.05, 4.69) is 142 Å². The van der Waals surface area contributed by atoms with Gasteiger partial charge in [0.05, 0.1) is 26.4 Å². The first-order chi connectivity index (χ1) is 44.2. The Kier molecular flexibility index (Phi) is 63.1. The molecule has 0 radical (unpaired) electrons. The number of carbonyl (C=O) groups is 3. The molecule has 0 fully saturated rings. The zero-order chi connectivity index (χ0) is 66.7. The van der Waals surface area contributed by atoms with Crippen LogP contribution in [0.15, 0.2) is 122 Å². The van der Waals surface area contributed by atoms with Gasteiger partial charge in [0.2, 0.25) is 0 Å². The summed E-state index contributed by atoms with van der Waals surface area (Å²) in [6.07, 6.45) is 75.5. The van der Waals surface area contributed by atoms with E-state index in [1.54, 1.807) is 0 Å². The number of rotatable bonds is 65. The highest BCUT2D eigenvalue weighted by Crippen LogP contribution is 2.45. The quantitative estimate of drug-likeness (QED) is 0.0146. The SMILES string of the molecule is CC/C=C\C/C=C\C/C=C\C/C=C\C/C=C\CCCCCCCCCCCCCC(=O)OCC(O)COP(=O)(O)OCC(O)COP(=O)(O)OCC(COC(=O)CCCCCC/C=C\C/C=C\C/C=C\C/C=C\CC)OC(=O)CCCCCCC/C=C\CCCC. The molecule has 0 aromatic heterocycles. The summed E-state index contributed by atoms with van der Waals surface area (Å²) in [4.78, 5) is 58.3. The predicted molar refractivity (Wildman–Crippen MR) is 371 cm³/mol. The smallest absolute Gasteiger partial charge is 0.463 e. The van der Waals surface area contributed by atoms with Crippen molar-refractivity contribution in [3.8, 4) is 0 Å². The van der Waals surface area contributed by atoms with Crippen LogP contribution in [0.4, 0.5) is 0 Å². The Morgan fingerprint density at radius 1 is 0.319 bits per heavy atom. The fraction of sp³-hybridized carbons (Fsp3) is 0.685. The molecule has 5 unspecified atom stereocenters. The molecule has 0 rings (SSSR count). The molecule has 0 heterocycles. The third-order valence-corrected chi connectivity index (χ3v) is 16.1. The van der Waals surface area contributed by atoms with Crippen LogP contribution in [-0.4, -0.2) is 95.9 Å². The molecule has 5 atom stereocenters. The first kappa shape index (κ1) is 87.0. The lowest BCUT2D eigenvalue weighted by Gasteiger charge is -2.21. The van der Waals surface area contributed by atoms with Gasteiger partial charge in [0, 0.05) is 19.3 Å². The Morgan fingerprint density at radius 2 is 0.582 bits per heavy atom. The summed E-state index contributed by atoms with van der Waals surface area (Å²) in [6, 6.07) is 0. The Labute approximate surface area is 551 Å². The van der Waals surface area contributed by atoms with E-state index >= 15 is 0 Å². The van der Waals surface area contributed by atoms with Crippen LogP contribution in [0.25, 0.3) is 0 Å². The highest BCUT2D eigenvalue weighted by atomic mass is 31.2. The van der Waals surface area contributed by atoms with Crippen LogP contribution in [0.5, 0.6) is 0 Å². The Morgan fingerprint density at radius 3 is 0.934 bits per heavy atom. The zero-order valence-electron chi connectivity index (χ0n) is 56.5. The maximum Gasteiger partial charge on any atom is 0.472 e. The molecule has 0 bridgehead atoms. The molecule has 16 nitrogen and oxygen atoms in total. The van der Waals surface area contributed by atoms with E-state index in [9.17, 15) is 43.5 Å². The average molecular weight is 1320 g/mol. The van der Waals surface area contributed by atoms with Crippen molar-refractivity contribution in [2.75, 3.05) is 39.6 Å². The monoisotopic (exact) mass is 1320 g/mol. The number of phosphoric acid groups is 2. The summed E-state index contributed by atoms with van der Waals surface area (Å²) in [5, 5.41) is 20.5. The molecule has 0 spiro atoms. The van der Waals surface area contributed by atoms with E-state index < -0.39 is 91.5 Å². The number of aliphatic hydroxyl groups excluding tert-OH is 2. The van der Waals surface area contributed by atoms with Crippen LogP contribution in [-0.2, 0) is 55.8 Å². The topological polar surface area (TPSA) is 231 Å². The highest BCUT2D eigenvalue weighted by molar-refractivity contribution is 7.47. The van der Waals surface area contributed by atoms with Crippen LogP contribution in [0.1, 0.15) is 265 Å². The lowest BCUT2D eigenvalue weighted by molar-refractivity contribution is -0.161. The van der Waals surface area contributed by atoms with Gasteiger partial charge in [0.15, 0.2) is 6.10 Å². The standard InChI is InChI=1S/C73H124O16P2/c1-4-7-10-13-16-19-22-24-26-28-29-30-31-32-33-34-35-36-37-39-41-42-45-47-50-53-56-59-71(76)83-62-68(74)63-85-90(79,80)86-64-69(75)65-87-91(81,82)88-67-70(89-73(78)61-58-55-52-49-44-21-18-15-12-9-6-3)66-84-72(77)60-57-54-51-48-46-43-40-38-27-25-23-20-17-14-11-8-5-2/h7-8,10-11,15-20,24-27,29-30,32-33,40,43,68-70,74-75H,4-6,9,12-14,21-23,28,31,34-39,41-42,44-67H2,1-3H3,(H,79,80)(H,81,82)/b10-7-,11-8-,18-15-,19-16-,20-17-,26-24-,27-25-,30-29-,33-32-,43-40-. The summed E-state index contributed by atoms with van der Waals surface area (Å²) < 4.78 is 60.8. The number of carbonyl (C=O) groups excluding carboxylic acids is 3. The number of unbranched alkanes of at least 4 members (excludes halogenated alkanes) is 22. The molecule has 0 aliphatic heterocycles. The second-order valence-corrected chi connectivity index (χ2v) is 25.8. The van der Waals surface area contributed by atoms with Crippen molar-refractivity contribution in [2.24, 2.45) is 0 Å². The minimum absolute atomic E-state index is 0.0863. The highest BCUT2D eigenvalue weighted by Gasteiger charge is 2.29. The third kappa shape index (κ3) is 67.2. The molecule has 0 amide bonds. The Hall–Kier alpha value is -4.05. The van der Waals surface area contributed by atoms with Crippen LogP contribution >= 0.6 is 15.6 Å². The summed E-state index contributed by atoms with van der Waals surface area (Å²) in [5.74, 6) is -1.62. The maximum absolute atomic E-state index is 12.9. The zero-order valence-corrected chi connectivity index (χ0v) is 58.3. The number of ether oxygens (including phenoxy) is 3. The van der Waals surface area contributed by atoms with Gasteiger partial charge < -0.3 is 34.2 Å². The van der Waals surface area contributed by atoms with Gasteiger partial charge in [-0.1, -0.05) is 245 Å². The molecule has 91 heavy (non-hydrogen) atoms. The maximum atomic E-state index is 12.9. The normalized spacial score (nSPS) is 14.9. The first-order valence-corrected chi connectivity index (χ1v) is 37.8. The molecule has 0 aliphatic rings. The largest absolute Gasteiger partial charge is 0.472 e. The van der Waals surface area contributed by atoms with Crippen molar-refractivity contribution < 1.29 is 75.8 Å². The van der Waals surface area contributed by atoms with Gasteiger partial charge >= 0.3 is 33.6 Å². The number of aliphatic hydroxyl groups is 2. The van der Waals surface area contributed by atoms with Crippen LogP contribution in [0.3, 0.4) is 0 Å². The number of phosphoric ester groups is 2. The van der Waals surface area contributed by atoms with Gasteiger partial charge in [0.25, 0.3) is 0 Å². The summed E-state index contributed by atoms with van der Waals surface area (Å²) in [5.41, 5.74) is 0. The summed E-state index contributed by atoms with van der Waals surface area (Å²) in [6.45, 7) is 2.35. The molecule has 0 aliphatic carbocycles. The average Bonchev–Trinajstić information content (AvgIpc) is 3.69. The van der Waals surface area contributed by atoms with Gasteiger partial charge in [-0.05, 0) is 122 Å². The summed E-state index contributed by atoms with van der Waals surface area (Å²) >= 11 is 0. The second kappa shape index (κ2) is 66.0. The fourth-order valence-corrected chi connectivity index (χ4v) is 10.4. The molecule has 0 saturated carbocycles. The first-order valence-electron chi connectivity index (χ1n) is 34.8. The third-order valence-electron chi connectivity index (χ3n) is 14.2. The minimum Gasteiger partial charge on any atom is -0.463 e. The molecule has 0 aromatic carbocycles. The van der Waals surface area contributed by atoms with Crippen molar-refractivity contribution in [3.63, 3.8) is 0 Å². The van der Waals surface area contributed by atoms with E-state index in [1.165, 1.54) is 57.8 Å². The number of hydrogen-bond acceptors (Lipinski definition) is 14. The van der Waals surface area contributed by atoms with Crippen molar-refractivity contribution in [2.45, 2.75) is 283 Å². The number of allylic oxidation sites excluding steroid dienone is 20. The van der Waals surface area contributed by atoms with Gasteiger partial charge in [-0.15, -0.1) is 0 Å². The molecular weight excluding hydrogens is 1190 g/mol. The number of hydrogen-bond donors (Lipinski definition) is 4. The van der Waals surface area contributed by atoms with Gasteiger partial charge in [-0.25, -0.2) is 9.13 Å². The van der Waals surface area contributed by atoms with E-state index in [1.807, 2.05) is 0 Å². The lowest BCUT2D eigenvalue weighted by atomic mass is 10.0. The van der Waals surface area contributed by atoms with Crippen LogP contribution in [0.2, 0.25) is 0 Å². The van der Waals surface area contributed by atoms with Gasteiger partial charge in [-0.3, -0.25) is 32.5 Å². The van der Waals surface area contributed by atoms with E-state index in [0.717, 1.165) is 148 Å². The van der Waals surface area contributed by atoms with Crippen molar-refractivity contribution in [1.29, 1.82) is 0 Å². The van der Waals surface area contributed by atoms with Crippen molar-refractivity contribution >= 4 is 33.6 Å². The second-order valence-electron chi connectivity index (χ2n) is 22.9. The predicted octanol–water partition coefficient (Wildman–Crippen LogP) is 19.4.